The summed E-state index contributed by atoms with van der Waals surface area (Å²) < 4.78 is 13.3. The summed E-state index contributed by atoms with van der Waals surface area (Å²) in [6.45, 7) is 5.81. The Morgan fingerprint density at radius 2 is 1.72 bits per heavy atom. The zero-order valence-corrected chi connectivity index (χ0v) is 20.2. The van der Waals surface area contributed by atoms with E-state index in [2.05, 4.69) is 44.9 Å². The number of hydrogen-bond acceptors (Lipinski definition) is 4. The van der Waals surface area contributed by atoms with Crippen molar-refractivity contribution >= 4 is 51.6 Å². The number of benzene rings is 2. The number of anilines is 2. The molecule has 1 aliphatic heterocycles. The molecule has 1 aromatic heterocycles. The summed E-state index contributed by atoms with van der Waals surface area (Å²) >= 11 is 13.3. The molecule has 0 saturated carbocycles. The van der Waals surface area contributed by atoms with Crippen molar-refractivity contribution in [2.24, 2.45) is 0 Å². The summed E-state index contributed by atoms with van der Waals surface area (Å²) in [5.41, 5.74) is 1.97. The minimum atomic E-state index is -0.201. The molecule has 0 unspecified atom stereocenters. The van der Waals surface area contributed by atoms with Gasteiger partial charge in [-0.05, 0) is 79.1 Å². The molecule has 1 aliphatic rings. The zero-order chi connectivity index (χ0) is 22.5. The second-order valence-corrected chi connectivity index (χ2v) is 9.68. The quantitative estimate of drug-likeness (QED) is 0.429. The van der Waals surface area contributed by atoms with Crippen LogP contribution in [0.1, 0.15) is 17.8 Å². The minimum absolute atomic E-state index is 0.110. The lowest BCUT2D eigenvalue weighted by Gasteiger charge is -2.42. The minimum Gasteiger partial charge on any atom is -0.369 e. The first-order valence-electron chi connectivity index (χ1n) is 10.6. The number of hydrogen-bond donors (Lipinski definition) is 2. The monoisotopic (exact) mass is 488 g/mol. The van der Waals surface area contributed by atoms with Gasteiger partial charge in [-0.1, -0.05) is 17.7 Å². The highest BCUT2D eigenvalue weighted by atomic mass is 35.5. The molecule has 4 rings (SSSR count). The van der Waals surface area contributed by atoms with Crippen molar-refractivity contribution in [2.45, 2.75) is 19.0 Å². The molecule has 1 saturated heterocycles. The summed E-state index contributed by atoms with van der Waals surface area (Å²) in [7, 11) is 0. The highest BCUT2D eigenvalue weighted by Gasteiger charge is 2.30. The molecule has 0 bridgehead atoms. The van der Waals surface area contributed by atoms with Gasteiger partial charge in [0.05, 0.1) is 6.04 Å². The van der Waals surface area contributed by atoms with E-state index in [4.69, 9.17) is 23.8 Å². The third kappa shape index (κ3) is 5.78. The maximum atomic E-state index is 13.3. The van der Waals surface area contributed by atoms with Crippen molar-refractivity contribution in [2.75, 3.05) is 36.4 Å². The van der Waals surface area contributed by atoms with Gasteiger partial charge in [0.25, 0.3) is 0 Å². The molecule has 2 aromatic carbocycles. The number of nitrogens with zero attached hydrogens (tertiary/aromatic N) is 2. The van der Waals surface area contributed by atoms with Gasteiger partial charge >= 0.3 is 0 Å². The van der Waals surface area contributed by atoms with Crippen molar-refractivity contribution < 1.29 is 4.39 Å². The largest absolute Gasteiger partial charge is 0.369 e. The third-order valence-corrected chi connectivity index (χ3v) is 7.08. The Hall–Kier alpha value is -2.19. The molecule has 32 heavy (non-hydrogen) atoms. The highest BCUT2D eigenvalue weighted by Crippen LogP contribution is 2.30. The van der Waals surface area contributed by atoms with E-state index in [1.54, 1.807) is 11.3 Å². The maximum Gasteiger partial charge on any atom is 0.171 e. The van der Waals surface area contributed by atoms with Crippen molar-refractivity contribution in [3.8, 4) is 0 Å². The van der Waals surface area contributed by atoms with Gasteiger partial charge in [-0.3, -0.25) is 4.90 Å². The van der Waals surface area contributed by atoms with Gasteiger partial charge in [-0.2, -0.15) is 0 Å². The van der Waals surface area contributed by atoms with Crippen LogP contribution in [0.15, 0.2) is 66.0 Å². The molecular weight excluding hydrogens is 463 g/mol. The van der Waals surface area contributed by atoms with Gasteiger partial charge in [-0.15, -0.1) is 11.3 Å². The molecule has 0 amide bonds. The van der Waals surface area contributed by atoms with Crippen LogP contribution >= 0.6 is 35.2 Å². The third-order valence-electron chi connectivity index (χ3n) is 5.67. The van der Waals surface area contributed by atoms with E-state index in [0.717, 1.165) is 37.6 Å². The molecule has 4 nitrogen and oxygen atoms in total. The second kappa shape index (κ2) is 10.6. The van der Waals surface area contributed by atoms with Gasteiger partial charge < -0.3 is 15.5 Å². The Bertz CT molecular complexity index is 1000. The summed E-state index contributed by atoms with van der Waals surface area (Å²) in [5.74, 6) is -0.201. The predicted molar refractivity (Wildman–Crippen MR) is 138 cm³/mol. The van der Waals surface area contributed by atoms with Gasteiger partial charge in [-0.25, -0.2) is 4.39 Å². The van der Waals surface area contributed by atoms with Gasteiger partial charge in [0, 0.05) is 53.5 Å². The lowest BCUT2D eigenvalue weighted by molar-refractivity contribution is 0.163. The molecule has 3 aromatic rings. The van der Waals surface area contributed by atoms with Gasteiger partial charge in [0.2, 0.25) is 0 Å². The normalized spacial score (nSPS) is 16.4. The van der Waals surface area contributed by atoms with Crippen LogP contribution in [0, 0.1) is 5.82 Å². The molecule has 0 spiro atoms. The fourth-order valence-electron chi connectivity index (χ4n) is 4.10. The Morgan fingerprint density at radius 3 is 2.34 bits per heavy atom. The summed E-state index contributed by atoms with van der Waals surface area (Å²) in [6.07, 6.45) is 0. The van der Waals surface area contributed by atoms with Crippen LogP contribution in [0.3, 0.4) is 0 Å². The van der Waals surface area contributed by atoms with E-state index in [0.29, 0.717) is 10.1 Å². The number of thiophene rings is 1. The van der Waals surface area contributed by atoms with E-state index in [9.17, 15) is 4.39 Å². The number of nitrogens with one attached hydrogen (secondary N) is 2. The molecule has 0 radical (unpaired) electrons. The lowest BCUT2D eigenvalue weighted by atomic mass is 10.0. The van der Waals surface area contributed by atoms with Crippen LogP contribution in [0.25, 0.3) is 0 Å². The molecule has 0 aliphatic carbocycles. The average molecular weight is 489 g/mol. The smallest absolute Gasteiger partial charge is 0.171 e. The van der Waals surface area contributed by atoms with Crippen molar-refractivity contribution in [1.82, 2.24) is 10.2 Å². The van der Waals surface area contributed by atoms with E-state index in [1.165, 1.54) is 17.0 Å². The zero-order valence-electron chi connectivity index (χ0n) is 17.8. The molecule has 2 N–H and O–H groups in total. The maximum absolute atomic E-state index is 13.3. The van der Waals surface area contributed by atoms with Gasteiger partial charge in [0.1, 0.15) is 5.82 Å². The first-order valence-corrected chi connectivity index (χ1v) is 12.3. The van der Waals surface area contributed by atoms with E-state index in [-0.39, 0.29) is 17.9 Å². The van der Waals surface area contributed by atoms with Crippen LogP contribution in [-0.2, 0) is 0 Å². The van der Waals surface area contributed by atoms with Crippen LogP contribution in [-0.4, -0.2) is 42.2 Å². The van der Waals surface area contributed by atoms with Crippen LogP contribution in [0.4, 0.5) is 15.8 Å². The van der Waals surface area contributed by atoms with Crippen molar-refractivity contribution in [1.29, 1.82) is 0 Å². The first-order chi connectivity index (χ1) is 15.5. The SMILES string of the molecule is C[C@@H](NC(=S)Nc1ccc(Cl)cc1)[C@H](c1cccs1)N1CCN(c2ccc(F)cc2)CC1. The number of thiocarbonyl (C=S) groups is 1. The molecule has 2 atom stereocenters. The van der Waals surface area contributed by atoms with E-state index in [1.807, 2.05) is 36.4 Å². The lowest BCUT2D eigenvalue weighted by Crippen LogP contribution is -2.52. The van der Waals surface area contributed by atoms with Crippen LogP contribution in [0.2, 0.25) is 5.02 Å². The Balaban J connectivity index is 1.40. The topological polar surface area (TPSA) is 30.5 Å². The molecular formula is C24H26ClFN4S2. The summed E-state index contributed by atoms with van der Waals surface area (Å²) in [5, 5.41) is 10.1. The highest BCUT2D eigenvalue weighted by molar-refractivity contribution is 7.80. The summed E-state index contributed by atoms with van der Waals surface area (Å²) in [4.78, 5) is 6.13. The number of piperazine rings is 1. The predicted octanol–water partition coefficient (Wildman–Crippen LogP) is 5.78. The molecule has 1 fully saturated rings. The standard InChI is InChI=1S/C24H26ClFN4S2/c1-17(27-24(31)28-20-8-4-18(25)5-9-20)23(22-3-2-16-32-22)30-14-12-29(13-15-30)21-10-6-19(26)7-11-21/h2-11,16-17,23H,12-15H2,1H3,(H2,27,28,31)/t17-,23-/m1/s1. The van der Waals surface area contributed by atoms with Crippen molar-refractivity contribution in [3.63, 3.8) is 0 Å². The molecule has 8 heteroatoms. The van der Waals surface area contributed by atoms with E-state index >= 15 is 0 Å². The van der Waals surface area contributed by atoms with Crippen molar-refractivity contribution in [3.05, 3.63) is 81.8 Å². The van der Waals surface area contributed by atoms with Gasteiger partial charge in [0.15, 0.2) is 5.11 Å². The second-order valence-electron chi connectivity index (χ2n) is 7.85. The molecule has 168 valence electrons. The fraction of sp³-hybridized carbons (Fsp3) is 0.292. The van der Waals surface area contributed by atoms with Crippen LogP contribution < -0.4 is 15.5 Å². The van der Waals surface area contributed by atoms with Crippen LogP contribution in [0.5, 0.6) is 0 Å². The molecule has 2 heterocycles. The van der Waals surface area contributed by atoms with E-state index < -0.39 is 0 Å². The number of halogens is 2. The fourth-order valence-corrected chi connectivity index (χ4v) is 5.49. The first kappa shape index (κ1) is 23.0. The summed E-state index contributed by atoms with van der Waals surface area (Å²) in [6, 6.07) is 18.9. The Morgan fingerprint density at radius 1 is 1.03 bits per heavy atom. The Labute approximate surface area is 203 Å². The average Bonchev–Trinajstić information content (AvgIpc) is 3.31. The Kier molecular flexibility index (Phi) is 7.63. The number of rotatable bonds is 6.